The van der Waals surface area contributed by atoms with E-state index >= 15 is 0 Å². The molecule has 0 aliphatic carbocycles. The molecule has 6 nitrogen and oxygen atoms in total. The van der Waals surface area contributed by atoms with Crippen molar-refractivity contribution in [3.63, 3.8) is 0 Å². The van der Waals surface area contributed by atoms with Gasteiger partial charge in [0.05, 0.1) is 0 Å². The second-order valence-corrected chi connectivity index (χ2v) is 4.75. The van der Waals surface area contributed by atoms with Crippen LogP contribution in [0.5, 0.6) is 0 Å². The predicted octanol–water partition coefficient (Wildman–Crippen LogP) is 0.0629. The molecule has 0 aromatic carbocycles. The highest BCUT2D eigenvalue weighted by atomic mass is 16.5. The van der Waals surface area contributed by atoms with Gasteiger partial charge in [-0.05, 0) is 13.3 Å². The van der Waals surface area contributed by atoms with Crippen LogP contribution in [0, 0.1) is 0 Å². The van der Waals surface area contributed by atoms with Crippen molar-refractivity contribution in [2.45, 2.75) is 26.2 Å². The second-order valence-electron chi connectivity index (χ2n) is 4.75. The fraction of sp³-hybridized carbons (Fsp3) is 0.769. The van der Waals surface area contributed by atoms with Gasteiger partial charge in [0, 0.05) is 46.1 Å². The van der Waals surface area contributed by atoms with Crippen LogP contribution in [0.25, 0.3) is 0 Å². The minimum Gasteiger partial charge on any atom is -0.375 e. The first-order chi connectivity index (χ1) is 9.04. The molecule has 1 saturated heterocycles. The Morgan fingerprint density at radius 1 is 0.947 bits per heavy atom. The average molecular weight is 270 g/mol. The highest BCUT2D eigenvalue weighted by Gasteiger charge is 2.21. The monoisotopic (exact) mass is 270 g/mol. The Labute approximate surface area is 113 Å². The quantitative estimate of drug-likeness (QED) is 0.708. The minimum absolute atomic E-state index is 0.00348. The molecule has 1 aliphatic rings. The van der Waals surface area contributed by atoms with Gasteiger partial charge in [0.15, 0.2) is 0 Å². The number of carbonyl (C=O) groups excluding carboxylic acids is 3. The number of carbonyl (C=O) groups is 3. The lowest BCUT2D eigenvalue weighted by Crippen LogP contribution is -2.38. The number of ether oxygens (including phenoxy) is 1. The molecule has 6 heteroatoms. The molecule has 19 heavy (non-hydrogen) atoms. The molecule has 0 N–H and O–H groups in total. The van der Waals surface area contributed by atoms with E-state index < -0.39 is 0 Å². The third-order valence-electron chi connectivity index (χ3n) is 3.16. The Bertz CT molecular complexity index is 344. The van der Waals surface area contributed by atoms with Crippen LogP contribution in [0.3, 0.4) is 0 Å². The summed E-state index contributed by atoms with van der Waals surface area (Å²) in [4.78, 5) is 37.9. The molecule has 2 amide bonds. The van der Waals surface area contributed by atoms with E-state index in [0.29, 0.717) is 32.6 Å². The zero-order valence-electron chi connectivity index (χ0n) is 11.7. The lowest BCUT2D eigenvalue weighted by molar-refractivity contribution is -0.136. The van der Waals surface area contributed by atoms with Crippen molar-refractivity contribution in [2.24, 2.45) is 0 Å². The predicted molar refractivity (Wildman–Crippen MR) is 69.6 cm³/mol. The molecule has 0 radical (unpaired) electrons. The number of amides is 2. The third kappa shape index (κ3) is 5.38. The fourth-order valence-electron chi connectivity index (χ4n) is 2.07. The second kappa shape index (κ2) is 7.89. The van der Waals surface area contributed by atoms with Crippen LogP contribution in [-0.4, -0.2) is 67.3 Å². The van der Waals surface area contributed by atoms with E-state index in [2.05, 4.69) is 0 Å². The third-order valence-corrected chi connectivity index (χ3v) is 3.16. The number of Topliss-reactive ketones (excluding diaryl/α,β-unsaturated/α-hetero) is 1. The molecule has 0 bridgehead atoms. The summed E-state index contributed by atoms with van der Waals surface area (Å²) in [5, 5.41) is 0. The molecule has 0 aromatic rings. The largest absolute Gasteiger partial charge is 0.375 e. The van der Waals surface area contributed by atoms with Crippen LogP contribution < -0.4 is 0 Å². The van der Waals surface area contributed by atoms with Gasteiger partial charge in [-0.1, -0.05) is 0 Å². The van der Waals surface area contributed by atoms with Gasteiger partial charge in [-0.25, -0.2) is 0 Å². The summed E-state index contributed by atoms with van der Waals surface area (Å²) >= 11 is 0. The van der Waals surface area contributed by atoms with Crippen LogP contribution in [0.1, 0.15) is 26.2 Å². The lowest BCUT2D eigenvalue weighted by atomic mass is 10.2. The molecule has 0 aromatic heterocycles. The molecule has 0 atom stereocenters. The summed E-state index contributed by atoms with van der Waals surface area (Å²) in [6.07, 6.45) is 1.32. The fourth-order valence-corrected chi connectivity index (χ4v) is 2.07. The molecular formula is C13H22N2O4. The first-order valence-corrected chi connectivity index (χ1v) is 6.58. The summed E-state index contributed by atoms with van der Waals surface area (Å²) in [5.41, 5.74) is 0. The van der Waals surface area contributed by atoms with E-state index in [4.69, 9.17) is 4.74 Å². The highest BCUT2D eigenvalue weighted by Crippen LogP contribution is 2.07. The van der Waals surface area contributed by atoms with Crippen molar-refractivity contribution in [1.82, 2.24) is 9.80 Å². The Morgan fingerprint density at radius 3 is 2.05 bits per heavy atom. The van der Waals surface area contributed by atoms with Gasteiger partial charge >= 0.3 is 0 Å². The van der Waals surface area contributed by atoms with Gasteiger partial charge in [-0.3, -0.25) is 9.59 Å². The van der Waals surface area contributed by atoms with Gasteiger partial charge in [0.1, 0.15) is 12.4 Å². The number of rotatable bonds is 5. The van der Waals surface area contributed by atoms with Crippen molar-refractivity contribution in [1.29, 1.82) is 0 Å². The summed E-state index contributed by atoms with van der Waals surface area (Å²) in [6.45, 7) is 3.94. The van der Waals surface area contributed by atoms with Crippen LogP contribution in [0.4, 0.5) is 0 Å². The van der Waals surface area contributed by atoms with Gasteiger partial charge in [0.25, 0.3) is 0 Å². The Kier molecular flexibility index (Phi) is 6.49. The van der Waals surface area contributed by atoms with Gasteiger partial charge in [0.2, 0.25) is 11.8 Å². The Balaban J connectivity index is 2.42. The van der Waals surface area contributed by atoms with Crippen LogP contribution >= 0.6 is 0 Å². The van der Waals surface area contributed by atoms with E-state index in [9.17, 15) is 14.4 Å². The van der Waals surface area contributed by atoms with E-state index in [0.717, 1.165) is 6.42 Å². The molecular weight excluding hydrogens is 248 g/mol. The van der Waals surface area contributed by atoms with Crippen molar-refractivity contribution >= 4 is 17.6 Å². The summed E-state index contributed by atoms with van der Waals surface area (Å²) in [6, 6.07) is 0. The summed E-state index contributed by atoms with van der Waals surface area (Å²) in [5.74, 6) is -0.0168. The minimum atomic E-state index is -0.0412. The maximum Gasteiger partial charge on any atom is 0.248 e. The molecule has 1 heterocycles. The highest BCUT2D eigenvalue weighted by molar-refractivity contribution is 5.83. The van der Waals surface area contributed by atoms with Crippen molar-refractivity contribution < 1.29 is 19.1 Å². The zero-order valence-corrected chi connectivity index (χ0v) is 11.7. The van der Waals surface area contributed by atoms with Crippen LogP contribution in [-0.2, 0) is 19.1 Å². The first kappa shape index (κ1) is 15.6. The Morgan fingerprint density at radius 2 is 1.53 bits per heavy atom. The summed E-state index contributed by atoms with van der Waals surface area (Å²) in [7, 11) is 1.49. The average Bonchev–Trinajstić information content (AvgIpc) is 2.62. The van der Waals surface area contributed by atoms with Crippen molar-refractivity contribution in [3.8, 4) is 0 Å². The summed E-state index contributed by atoms with van der Waals surface area (Å²) < 4.78 is 4.83. The number of nitrogens with zero attached hydrogens (tertiary/aromatic N) is 2. The smallest absolute Gasteiger partial charge is 0.248 e. The van der Waals surface area contributed by atoms with Gasteiger partial charge in [-0.15, -0.1) is 0 Å². The molecule has 1 rings (SSSR count). The van der Waals surface area contributed by atoms with Crippen LogP contribution in [0.15, 0.2) is 0 Å². The first-order valence-electron chi connectivity index (χ1n) is 6.58. The maximum absolute atomic E-state index is 11.9. The van der Waals surface area contributed by atoms with Gasteiger partial charge < -0.3 is 19.3 Å². The number of hydrogen-bond acceptors (Lipinski definition) is 4. The Hall–Kier alpha value is -1.43. The molecule has 108 valence electrons. The number of methoxy groups -OCH3 is 1. The van der Waals surface area contributed by atoms with Crippen molar-refractivity contribution in [3.05, 3.63) is 0 Å². The molecule has 0 unspecified atom stereocenters. The number of ketones is 1. The van der Waals surface area contributed by atoms with Gasteiger partial charge in [-0.2, -0.15) is 0 Å². The van der Waals surface area contributed by atoms with Crippen LogP contribution in [0.2, 0.25) is 0 Å². The topological polar surface area (TPSA) is 66.9 Å². The van der Waals surface area contributed by atoms with E-state index in [1.807, 2.05) is 0 Å². The molecule has 1 fully saturated rings. The molecule has 0 saturated carbocycles. The zero-order chi connectivity index (χ0) is 14.3. The SMILES string of the molecule is COCC(=O)N1CCCN(C(=O)CCC(C)=O)CC1. The standard InChI is InChI=1S/C13H22N2O4/c1-11(16)4-5-12(17)14-6-3-7-15(9-8-14)13(18)10-19-2/h3-10H2,1-2H3. The lowest BCUT2D eigenvalue weighted by Gasteiger charge is -2.22. The molecule has 0 spiro atoms. The number of hydrogen-bond donors (Lipinski definition) is 0. The van der Waals surface area contributed by atoms with Crippen molar-refractivity contribution in [2.75, 3.05) is 39.9 Å². The maximum atomic E-state index is 11.9. The van der Waals surface area contributed by atoms with E-state index in [1.54, 1.807) is 9.80 Å². The van der Waals surface area contributed by atoms with E-state index in [-0.39, 0.29) is 30.6 Å². The molecule has 1 aliphatic heterocycles. The van der Waals surface area contributed by atoms with E-state index in [1.165, 1.54) is 14.0 Å². The normalized spacial score (nSPS) is 16.1.